The van der Waals surface area contributed by atoms with Crippen molar-refractivity contribution in [2.75, 3.05) is 13.2 Å². The van der Waals surface area contributed by atoms with E-state index in [4.69, 9.17) is 9.47 Å². The molecule has 66 heavy (non-hydrogen) atoms. The smallest absolute Gasteiger partial charge is 0.220 e. The Morgan fingerprint density at radius 3 is 1.30 bits per heavy atom. The standard InChI is InChI=1S/C57H109NO8/c1-3-5-7-9-11-13-15-17-19-21-23-24-25-26-27-28-29-31-33-35-37-39-41-43-45-47-53(61)58-50(49-65-57-56(64)55(63)54(62)52(48-59)66-57)51(60)46-44-42-40-38-36-34-32-30-22-20-18-16-14-12-10-8-6-4-2/h23-24,26-27,50-52,54-57,59-60,62-64H,3-22,25,28-49H2,1-2H3,(H,58,61)/b24-23-,27-26-. The molecule has 1 rings (SSSR count). The fourth-order valence-electron chi connectivity index (χ4n) is 9.25. The number of aliphatic hydroxyl groups excluding tert-OH is 5. The van der Waals surface area contributed by atoms with Crippen LogP contribution < -0.4 is 5.32 Å². The minimum Gasteiger partial charge on any atom is -0.394 e. The van der Waals surface area contributed by atoms with E-state index in [0.717, 1.165) is 44.9 Å². The van der Waals surface area contributed by atoms with E-state index in [2.05, 4.69) is 43.5 Å². The first kappa shape index (κ1) is 62.7. The Labute approximate surface area is 407 Å². The van der Waals surface area contributed by atoms with Gasteiger partial charge in [0.1, 0.15) is 24.4 Å². The highest BCUT2D eigenvalue weighted by Crippen LogP contribution is 2.23. The molecule has 0 aromatic heterocycles. The van der Waals surface area contributed by atoms with Crippen molar-refractivity contribution in [1.82, 2.24) is 5.32 Å². The van der Waals surface area contributed by atoms with Gasteiger partial charge in [-0.05, 0) is 44.9 Å². The lowest BCUT2D eigenvalue weighted by atomic mass is 9.99. The maximum Gasteiger partial charge on any atom is 0.220 e. The Balaban J connectivity index is 2.21. The van der Waals surface area contributed by atoms with Gasteiger partial charge in [-0.15, -0.1) is 0 Å². The predicted molar refractivity (Wildman–Crippen MR) is 277 cm³/mol. The molecule has 0 spiro atoms. The first-order valence-corrected chi connectivity index (χ1v) is 28.5. The van der Waals surface area contributed by atoms with Gasteiger partial charge in [-0.3, -0.25) is 4.79 Å². The lowest BCUT2D eigenvalue weighted by molar-refractivity contribution is -0.302. The fraction of sp³-hybridized carbons (Fsp3) is 0.912. The number of allylic oxidation sites excluding steroid dienone is 4. The van der Waals surface area contributed by atoms with Crippen LogP contribution in [0.5, 0.6) is 0 Å². The molecule has 1 amide bonds. The molecule has 7 unspecified atom stereocenters. The SMILES string of the molecule is CCCCCCCCCCC/C=C\C/C=C\CCCCCCCCCCCC(=O)NC(COC1OC(CO)C(O)C(O)C1O)C(O)CCCCCCCCCCCCCCCCCCCC. The van der Waals surface area contributed by atoms with Gasteiger partial charge in [0.15, 0.2) is 6.29 Å². The fourth-order valence-corrected chi connectivity index (χ4v) is 9.25. The summed E-state index contributed by atoms with van der Waals surface area (Å²) in [5.41, 5.74) is 0. The van der Waals surface area contributed by atoms with Crippen LogP contribution in [0.3, 0.4) is 0 Å². The molecule has 390 valence electrons. The summed E-state index contributed by atoms with van der Waals surface area (Å²) < 4.78 is 11.3. The summed E-state index contributed by atoms with van der Waals surface area (Å²) in [6.07, 6.45) is 52.0. The minimum atomic E-state index is -1.55. The van der Waals surface area contributed by atoms with Crippen LogP contribution in [-0.4, -0.2) is 87.5 Å². The second-order valence-electron chi connectivity index (χ2n) is 20.1. The van der Waals surface area contributed by atoms with E-state index in [1.807, 2.05) is 0 Å². The van der Waals surface area contributed by atoms with Crippen molar-refractivity contribution in [2.45, 2.75) is 320 Å². The molecule has 0 aliphatic carbocycles. The zero-order chi connectivity index (χ0) is 48.0. The second kappa shape index (κ2) is 47.4. The molecule has 1 aliphatic rings. The van der Waals surface area contributed by atoms with E-state index in [1.54, 1.807) is 0 Å². The summed E-state index contributed by atoms with van der Waals surface area (Å²) in [5, 5.41) is 54.6. The lowest BCUT2D eigenvalue weighted by Gasteiger charge is -2.40. The number of unbranched alkanes of at least 4 members (excludes halogenated alkanes) is 35. The highest BCUT2D eigenvalue weighted by molar-refractivity contribution is 5.76. The molecule has 0 aromatic carbocycles. The zero-order valence-electron chi connectivity index (χ0n) is 43.2. The van der Waals surface area contributed by atoms with Crippen LogP contribution in [0.15, 0.2) is 24.3 Å². The maximum atomic E-state index is 13.1. The molecule has 0 bridgehead atoms. The Kier molecular flexibility index (Phi) is 45.0. The number of aliphatic hydroxyl groups is 5. The summed E-state index contributed by atoms with van der Waals surface area (Å²) >= 11 is 0. The van der Waals surface area contributed by atoms with Crippen molar-refractivity contribution >= 4 is 5.91 Å². The quantitative estimate of drug-likeness (QED) is 0.0261. The first-order chi connectivity index (χ1) is 32.3. The number of ether oxygens (including phenoxy) is 2. The summed E-state index contributed by atoms with van der Waals surface area (Å²) in [7, 11) is 0. The van der Waals surface area contributed by atoms with Crippen molar-refractivity contribution in [3.05, 3.63) is 24.3 Å². The van der Waals surface area contributed by atoms with E-state index >= 15 is 0 Å². The number of hydrogen-bond acceptors (Lipinski definition) is 8. The minimum absolute atomic E-state index is 0.137. The van der Waals surface area contributed by atoms with E-state index in [9.17, 15) is 30.3 Å². The van der Waals surface area contributed by atoms with Gasteiger partial charge in [0.05, 0.1) is 25.4 Å². The molecule has 9 heteroatoms. The number of carbonyl (C=O) groups excluding carboxylic acids is 1. The van der Waals surface area contributed by atoms with Gasteiger partial charge in [0.25, 0.3) is 0 Å². The van der Waals surface area contributed by atoms with Gasteiger partial charge in [0, 0.05) is 6.42 Å². The average molecular weight is 936 g/mol. The molecule has 6 N–H and O–H groups in total. The van der Waals surface area contributed by atoms with E-state index < -0.39 is 49.5 Å². The molecule has 9 nitrogen and oxygen atoms in total. The van der Waals surface area contributed by atoms with Crippen LogP contribution in [-0.2, 0) is 14.3 Å². The number of hydrogen-bond donors (Lipinski definition) is 6. The third-order valence-electron chi connectivity index (χ3n) is 13.8. The molecule has 0 aromatic rings. The molecular formula is C57H109NO8. The van der Waals surface area contributed by atoms with Crippen LogP contribution in [0.4, 0.5) is 0 Å². The van der Waals surface area contributed by atoms with Gasteiger partial charge in [-0.2, -0.15) is 0 Å². The monoisotopic (exact) mass is 936 g/mol. The topological polar surface area (TPSA) is 149 Å². The van der Waals surface area contributed by atoms with Gasteiger partial charge in [0.2, 0.25) is 5.91 Å². The lowest BCUT2D eigenvalue weighted by Crippen LogP contribution is -2.60. The summed E-state index contributed by atoms with van der Waals surface area (Å²) in [6.45, 7) is 3.86. The van der Waals surface area contributed by atoms with Gasteiger partial charge < -0.3 is 40.3 Å². The highest BCUT2D eigenvalue weighted by Gasteiger charge is 2.44. The summed E-state index contributed by atoms with van der Waals surface area (Å²) in [6, 6.07) is -0.720. The molecule has 1 fully saturated rings. The Bertz CT molecular complexity index is 1090. The normalized spacial score (nSPS) is 19.9. The van der Waals surface area contributed by atoms with Crippen LogP contribution in [0, 0.1) is 0 Å². The van der Waals surface area contributed by atoms with E-state index in [-0.39, 0.29) is 12.5 Å². The Hall–Kier alpha value is -1.33. The van der Waals surface area contributed by atoms with Gasteiger partial charge in [-0.1, -0.05) is 250 Å². The highest BCUT2D eigenvalue weighted by atomic mass is 16.7. The molecule has 1 saturated heterocycles. The zero-order valence-corrected chi connectivity index (χ0v) is 43.2. The van der Waals surface area contributed by atoms with Crippen molar-refractivity contribution in [2.24, 2.45) is 0 Å². The van der Waals surface area contributed by atoms with Crippen LogP contribution in [0.1, 0.15) is 277 Å². The molecule has 1 aliphatic heterocycles. The van der Waals surface area contributed by atoms with Gasteiger partial charge >= 0.3 is 0 Å². The maximum absolute atomic E-state index is 13.1. The largest absolute Gasteiger partial charge is 0.394 e. The number of carbonyl (C=O) groups is 1. The van der Waals surface area contributed by atoms with Gasteiger partial charge in [-0.25, -0.2) is 0 Å². The number of rotatable bonds is 49. The van der Waals surface area contributed by atoms with Crippen molar-refractivity contribution in [3.8, 4) is 0 Å². The van der Waals surface area contributed by atoms with Crippen LogP contribution >= 0.6 is 0 Å². The number of nitrogens with one attached hydrogen (secondary N) is 1. The molecule has 0 radical (unpaired) electrons. The van der Waals surface area contributed by atoms with Crippen LogP contribution in [0.2, 0.25) is 0 Å². The second-order valence-corrected chi connectivity index (χ2v) is 20.1. The van der Waals surface area contributed by atoms with E-state index in [0.29, 0.717) is 12.8 Å². The summed E-state index contributed by atoms with van der Waals surface area (Å²) in [4.78, 5) is 13.1. The Morgan fingerprint density at radius 1 is 0.515 bits per heavy atom. The third kappa shape index (κ3) is 36.6. The van der Waals surface area contributed by atoms with Crippen molar-refractivity contribution in [1.29, 1.82) is 0 Å². The summed E-state index contributed by atoms with van der Waals surface area (Å²) in [5.74, 6) is -0.145. The molecule has 1 heterocycles. The Morgan fingerprint density at radius 2 is 0.894 bits per heavy atom. The van der Waals surface area contributed by atoms with E-state index in [1.165, 1.54) is 205 Å². The van der Waals surface area contributed by atoms with Crippen molar-refractivity contribution in [3.63, 3.8) is 0 Å². The molecule has 0 saturated carbocycles. The van der Waals surface area contributed by atoms with Crippen molar-refractivity contribution < 1.29 is 39.8 Å². The average Bonchev–Trinajstić information content (AvgIpc) is 3.32. The third-order valence-corrected chi connectivity index (χ3v) is 13.8. The molecular weight excluding hydrogens is 827 g/mol. The first-order valence-electron chi connectivity index (χ1n) is 28.5. The van der Waals surface area contributed by atoms with Crippen LogP contribution in [0.25, 0.3) is 0 Å². The predicted octanol–water partition coefficient (Wildman–Crippen LogP) is 13.8. The molecule has 7 atom stereocenters. The number of amides is 1.